The quantitative estimate of drug-likeness (QED) is 0.921. The molecule has 0 saturated heterocycles. The Morgan fingerprint density at radius 3 is 2.35 bits per heavy atom. The van der Waals surface area contributed by atoms with Crippen molar-refractivity contribution in [2.24, 2.45) is 24.8 Å². The maximum absolute atomic E-state index is 10.9. The Balaban J connectivity index is 1.70. The molecule has 4 nitrogen and oxygen atoms in total. The summed E-state index contributed by atoms with van der Waals surface area (Å²) in [4.78, 5) is 15.6. The molecule has 1 aromatic heterocycles. The maximum atomic E-state index is 10.9. The number of nitrogens with zero attached hydrogens (tertiary/aromatic N) is 2. The van der Waals surface area contributed by atoms with Crippen molar-refractivity contribution in [3.8, 4) is 0 Å². The molecule has 0 spiro atoms. The summed E-state index contributed by atoms with van der Waals surface area (Å²) in [6.45, 7) is 0. The van der Waals surface area contributed by atoms with Crippen molar-refractivity contribution in [2.45, 2.75) is 50.4 Å². The lowest BCUT2D eigenvalue weighted by Gasteiger charge is -2.56. The van der Waals surface area contributed by atoms with E-state index in [0.29, 0.717) is 0 Å². The number of carboxylic acids is 1. The number of hydrogen-bond donors (Lipinski definition) is 1. The van der Waals surface area contributed by atoms with E-state index in [4.69, 9.17) is 5.11 Å². The topological polar surface area (TPSA) is 55.1 Å². The van der Waals surface area contributed by atoms with Crippen LogP contribution in [-0.2, 0) is 23.7 Å². The molecule has 20 heavy (non-hydrogen) atoms. The first-order valence-electron chi connectivity index (χ1n) is 7.78. The van der Waals surface area contributed by atoms with Gasteiger partial charge in [-0.1, -0.05) is 0 Å². The lowest BCUT2D eigenvalue weighted by atomic mass is 9.49. The third kappa shape index (κ3) is 1.73. The number of aliphatic carboxylic acids is 1. The molecule has 1 aromatic rings. The Hall–Kier alpha value is -1.32. The summed E-state index contributed by atoms with van der Waals surface area (Å²) in [5.74, 6) is 3.06. The summed E-state index contributed by atoms with van der Waals surface area (Å²) in [6, 6.07) is 0. The Labute approximate surface area is 119 Å². The Bertz CT molecular complexity index is 526. The van der Waals surface area contributed by atoms with Gasteiger partial charge in [-0.3, -0.25) is 4.79 Å². The van der Waals surface area contributed by atoms with Crippen molar-refractivity contribution < 1.29 is 9.90 Å². The van der Waals surface area contributed by atoms with Gasteiger partial charge in [0.15, 0.2) is 0 Å². The van der Waals surface area contributed by atoms with Crippen LogP contribution in [0.2, 0.25) is 0 Å². The van der Waals surface area contributed by atoms with Gasteiger partial charge in [0.2, 0.25) is 0 Å². The second kappa shape index (κ2) is 4.09. The molecule has 4 aliphatic carbocycles. The number of imidazole rings is 1. The molecule has 0 radical (unpaired) electrons. The zero-order valence-electron chi connectivity index (χ0n) is 12.0. The van der Waals surface area contributed by atoms with Gasteiger partial charge >= 0.3 is 5.97 Å². The summed E-state index contributed by atoms with van der Waals surface area (Å²) in [6.07, 6.45) is 9.95. The van der Waals surface area contributed by atoms with Crippen LogP contribution in [0.3, 0.4) is 0 Å². The van der Waals surface area contributed by atoms with E-state index in [-0.39, 0.29) is 11.8 Å². The molecule has 1 N–H and O–H groups in total. The van der Waals surface area contributed by atoms with E-state index >= 15 is 0 Å². The zero-order valence-corrected chi connectivity index (χ0v) is 12.0. The molecule has 4 fully saturated rings. The summed E-state index contributed by atoms with van der Waals surface area (Å²) < 4.78 is 2.07. The maximum Gasteiger partial charge on any atom is 0.309 e. The second-order valence-corrected chi connectivity index (χ2v) is 7.40. The minimum absolute atomic E-state index is 0.0792. The van der Waals surface area contributed by atoms with Gasteiger partial charge in [-0.05, 0) is 56.3 Å². The fourth-order valence-corrected chi connectivity index (χ4v) is 5.64. The van der Waals surface area contributed by atoms with Crippen LogP contribution in [0, 0.1) is 17.8 Å². The molecule has 0 atom stereocenters. The third-order valence-electron chi connectivity index (χ3n) is 5.93. The highest BCUT2D eigenvalue weighted by Crippen LogP contribution is 2.60. The molecule has 1 heterocycles. The largest absolute Gasteiger partial charge is 0.481 e. The van der Waals surface area contributed by atoms with Gasteiger partial charge < -0.3 is 9.67 Å². The Morgan fingerprint density at radius 1 is 1.30 bits per heavy atom. The molecule has 0 aliphatic heterocycles. The van der Waals surface area contributed by atoms with Gasteiger partial charge in [0, 0.05) is 24.4 Å². The first-order chi connectivity index (χ1) is 9.56. The minimum atomic E-state index is -0.773. The molecule has 108 valence electrons. The number of carboxylic acid groups (broad SMARTS) is 1. The van der Waals surface area contributed by atoms with Gasteiger partial charge in [-0.15, -0.1) is 0 Å². The summed E-state index contributed by atoms with van der Waals surface area (Å²) in [7, 11) is 2.00. The minimum Gasteiger partial charge on any atom is -0.481 e. The highest BCUT2D eigenvalue weighted by molar-refractivity contribution is 5.69. The number of carbonyl (C=O) groups is 1. The summed E-state index contributed by atoms with van der Waals surface area (Å²) in [5, 5.41) is 8.99. The van der Waals surface area contributed by atoms with E-state index in [2.05, 4.69) is 9.55 Å². The van der Waals surface area contributed by atoms with E-state index < -0.39 is 5.97 Å². The normalized spacial score (nSPS) is 38.4. The van der Waals surface area contributed by atoms with E-state index in [0.717, 1.165) is 29.3 Å². The number of hydrogen-bond acceptors (Lipinski definition) is 2. The standard InChI is InChI=1S/C16H22N2O2/c1-18-13(5-14(19)20)9-17-15(18)16-6-10-2-11(7-16)4-12(3-10)8-16/h9-12H,2-8H2,1H3,(H,19,20). The van der Waals surface area contributed by atoms with Crippen LogP contribution in [0.4, 0.5) is 0 Å². The summed E-state index contributed by atoms with van der Waals surface area (Å²) >= 11 is 0. The lowest BCUT2D eigenvalue weighted by molar-refractivity contribution is -0.136. The van der Waals surface area contributed by atoms with E-state index in [1.54, 1.807) is 6.20 Å². The Morgan fingerprint density at radius 2 is 1.85 bits per heavy atom. The molecule has 4 bridgehead atoms. The molecular weight excluding hydrogens is 252 g/mol. The van der Waals surface area contributed by atoms with Crippen LogP contribution in [0.5, 0.6) is 0 Å². The first kappa shape index (κ1) is 12.4. The van der Waals surface area contributed by atoms with Gasteiger partial charge in [0.1, 0.15) is 5.82 Å². The Kier molecular flexibility index (Phi) is 2.54. The fraction of sp³-hybridized carbons (Fsp3) is 0.750. The van der Waals surface area contributed by atoms with E-state index in [1.165, 1.54) is 38.5 Å². The predicted octanol–water partition coefficient (Wildman–Crippen LogP) is 2.52. The smallest absolute Gasteiger partial charge is 0.309 e. The van der Waals surface area contributed by atoms with Crippen molar-refractivity contribution in [1.82, 2.24) is 9.55 Å². The van der Waals surface area contributed by atoms with Crippen molar-refractivity contribution in [3.05, 3.63) is 17.7 Å². The summed E-state index contributed by atoms with van der Waals surface area (Å²) in [5.41, 5.74) is 1.09. The molecule has 0 aromatic carbocycles. The van der Waals surface area contributed by atoms with Gasteiger partial charge in [-0.25, -0.2) is 4.98 Å². The molecule has 4 saturated carbocycles. The average Bonchev–Trinajstić information content (AvgIpc) is 2.69. The van der Waals surface area contributed by atoms with Crippen molar-refractivity contribution in [1.29, 1.82) is 0 Å². The van der Waals surface area contributed by atoms with Crippen LogP contribution in [0.15, 0.2) is 6.20 Å². The molecule has 4 heteroatoms. The number of aromatic nitrogens is 2. The highest BCUT2D eigenvalue weighted by atomic mass is 16.4. The number of rotatable bonds is 3. The lowest BCUT2D eigenvalue weighted by Crippen LogP contribution is -2.49. The van der Waals surface area contributed by atoms with Crippen molar-refractivity contribution >= 4 is 5.97 Å². The molecule has 0 amide bonds. The molecular formula is C16H22N2O2. The van der Waals surface area contributed by atoms with E-state index in [9.17, 15) is 4.79 Å². The van der Waals surface area contributed by atoms with Gasteiger partial charge in [-0.2, -0.15) is 0 Å². The molecule has 4 aliphatic rings. The fourth-order valence-electron chi connectivity index (χ4n) is 5.64. The van der Waals surface area contributed by atoms with Gasteiger partial charge in [0.25, 0.3) is 0 Å². The average molecular weight is 274 g/mol. The monoisotopic (exact) mass is 274 g/mol. The molecule has 5 rings (SSSR count). The van der Waals surface area contributed by atoms with Crippen LogP contribution in [0.25, 0.3) is 0 Å². The van der Waals surface area contributed by atoms with E-state index in [1.807, 2.05) is 7.05 Å². The zero-order chi connectivity index (χ0) is 13.9. The van der Waals surface area contributed by atoms with Crippen molar-refractivity contribution in [2.75, 3.05) is 0 Å². The SMILES string of the molecule is Cn1c(CC(=O)O)cnc1C12CC3CC(CC(C3)C1)C2. The first-order valence-corrected chi connectivity index (χ1v) is 7.78. The van der Waals surface area contributed by atoms with Crippen LogP contribution >= 0.6 is 0 Å². The van der Waals surface area contributed by atoms with Crippen LogP contribution < -0.4 is 0 Å². The van der Waals surface area contributed by atoms with Crippen LogP contribution in [0.1, 0.15) is 50.0 Å². The van der Waals surface area contributed by atoms with Crippen molar-refractivity contribution in [3.63, 3.8) is 0 Å². The second-order valence-electron chi connectivity index (χ2n) is 7.40. The highest BCUT2D eigenvalue weighted by Gasteiger charge is 2.53. The van der Waals surface area contributed by atoms with Gasteiger partial charge in [0.05, 0.1) is 6.42 Å². The third-order valence-corrected chi connectivity index (χ3v) is 5.93. The van der Waals surface area contributed by atoms with Crippen LogP contribution in [-0.4, -0.2) is 20.6 Å². The predicted molar refractivity (Wildman–Crippen MR) is 74.4 cm³/mol. The molecule has 0 unspecified atom stereocenters.